The molecule has 0 unspecified atom stereocenters. The number of rotatable bonds is 2. The minimum absolute atomic E-state index is 0.109. The van der Waals surface area contributed by atoms with Crippen LogP contribution >= 0.6 is 12.6 Å². The van der Waals surface area contributed by atoms with Crippen LogP contribution in [0.2, 0.25) is 0 Å². The number of phenolic OH excluding ortho intramolecular Hbond substituents is 1. The van der Waals surface area contributed by atoms with Crippen LogP contribution in [0, 0.1) is 0 Å². The largest absolute Gasteiger partial charge is 0.508 e. The Bertz CT molecular complexity index is 358. The molecule has 2 N–H and O–H groups in total. The molecule has 0 aliphatic carbocycles. The number of carboxylic acid groups (broad SMARTS) is 1. The minimum atomic E-state index is -1.01. The molecule has 1 aromatic carbocycles. The van der Waals surface area contributed by atoms with Gasteiger partial charge < -0.3 is 10.2 Å². The van der Waals surface area contributed by atoms with Crippen LogP contribution < -0.4 is 0 Å². The molecule has 0 saturated heterocycles. The topological polar surface area (TPSA) is 57.5 Å². The maximum atomic E-state index is 10.2. The molecular weight excluding hydrogens is 188 g/mol. The quantitative estimate of drug-likeness (QED) is 0.499. The first-order valence-corrected chi connectivity index (χ1v) is 3.97. The molecule has 1 rings (SSSR count). The second-order valence-electron chi connectivity index (χ2n) is 2.41. The van der Waals surface area contributed by atoms with Crippen molar-refractivity contribution in [2.24, 2.45) is 0 Å². The van der Waals surface area contributed by atoms with Gasteiger partial charge in [0.1, 0.15) is 5.75 Å². The molecule has 0 spiro atoms. The van der Waals surface area contributed by atoms with Crippen LogP contribution in [0.1, 0.15) is 5.56 Å². The lowest BCUT2D eigenvalue weighted by Gasteiger charge is -1.98. The molecule has 1 aromatic rings. The lowest BCUT2D eigenvalue weighted by atomic mass is 10.2. The van der Waals surface area contributed by atoms with E-state index in [1.165, 1.54) is 18.2 Å². The molecule has 0 saturated carbocycles. The Morgan fingerprint density at radius 3 is 2.69 bits per heavy atom. The van der Waals surface area contributed by atoms with E-state index in [1.807, 2.05) is 0 Å². The smallest absolute Gasteiger partial charge is 0.328 e. The zero-order valence-corrected chi connectivity index (χ0v) is 7.53. The summed E-state index contributed by atoms with van der Waals surface area (Å²) in [5, 5.41) is 17.4. The van der Waals surface area contributed by atoms with Gasteiger partial charge in [0, 0.05) is 11.0 Å². The van der Waals surface area contributed by atoms with E-state index in [-0.39, 0.29) is 5.75 Å². The Morgan fingerprint density at radius 1 is 1.46 bits per heavy atom. The molecule has 0 aliphatic rings. The van der Waals surface area contributed by atoms with Crippen LogP contribution in [0.4, 0.5) is 0 Å². The van der Waals surface area contributed by atoms with Gasteiger partial charge in [0.05, 0.1) is 0 Å². The predicted octanol–water partition coefficient (Wildman–Crippen LogP) is 1.78. The van der Waals surface area contributed by atoms with E-state index >= 15 is 0 Å². The Kier molecular flexibility index (Phi) is 2.97. The zero-order valence-electron chi connectivity index (χ0n) is 6.64. The second-order valence-corrected chi connectivity index (χ2v) is 2.90. The molecular formula is C9H8O3S. The van der Waals surface area contributed by atoms with E-state index in [2.05, 4.69) is 12.6 Å². The average molecular weight is 196 g/mol. The average Bonchev–Trinajstić information content (AvgIpc) is 2.02. The predicted molar refractivity (Wildman–Crippen MR) is 52.0 cm³/mol. The maximum Gasteiger partial charge on any atom is 0.328 e. The van der Waals surface area contributed by atoms with Crippen molar-refractivity contribution in [3.05, 3.63) is 29.8 Å². The van der Waals surface area contributed by atoms with Gasteiger partial charge in [-0.05, 0) is 23.8 Å². The highest BCUT2D eigenvalue weighted by atomic mass is 32.1. The van der Waals surface area contributed by atoms with Gasteiger partial charge in [-0.3, -0.25) is 0 Å². The highest BCUT2D eigenvalue weighted by Gasteiger charge is 1.96. The molecule has 0 aliphatic heterocycles. The summed E-state index contributed by atoms with van der Waals surface area (Å²) in [7, 11) is 0. The molecule has 0 atom stereocenters. The fourth-order valence-corrected chi connectivity index (χ4v) is 1.12. The van der Waals surface area contributed by atoms with Gasteiger partial charge in [0.15, 0.2) is 0 Å². The lowest BCUT2D eigenvalue weighted by molar-refractivity contribution is -0.131. The molecule has 0 heterocycles. The van der Waals surface area contributed by atoms with Gasteiger partial charge in [0.25, 0.3) is 0 Å². The standard InChI is InChI=1S/C9H8O3S/c10-7-3-1-6(8(13)5-7)2-4-9(11)12/h1-5,10,13H,(H,11,12). The van der Waals surface area contributed by atoms with E-state index in [0.29, 0.717) is 10.5 Å². The molecule has 4 heteroatoms. The van der Waals surface area contributed by atoms with Crippen molar-refractivity contribution in [3.8, 4) is 5.75 Å². The van der Waals surface area contributed by atoms with Gasteiger partial charge in [-0.2, -0.15) is 0 Å². The first kappa shape index (κ1) is 9.67. The highest BCUT2D eigenvalue weighted by molar-refractivity contribution is 7.80. The molecule has 0 amide bonds. The van der Waals surface area contributed by atoms with Crippen LogP contribution in [0.25, 0.3) is 6.08 Å². The first-order valence-electron chi connectivity index (χ1n) is 3.52. The summed E-state index contributed by atoms with van der Waals surface area (Å²) < 4.78 is 0. The maximum absolute atomic E-state index is 10.2. The Labute approximate surface area is 80.7 Å². The zero-order chi connectivity index (χ0) is 9.84. The second kappa shape index (κ2) is 4.00. The highest BCUT2D eigenvalue weighted by Crippen LogP contribution is 2.20. The summed E-state index contributed by atoms with van der Waals surface area (Å²) in [6, 6.07) is 4.52. The fourth-order valence-electron chi connectivity index (χ4n) is 0.834. The molecule has 68 valence electrons. The van der Waals surface area contributed by atoms with Crippen LogP contribution in [-0.2, 0) is 4.79 Å². The third kappa shape index (κ3) is 2.83. The Morgan fingerprint density at radius 2 is 2.15 bits per heavy atom. The number of hydrogen-bond acceptors (Lipinski definition) is 3. The van der Waals surface area contributed by atoms with E-state index in [4.69, 9.17) is 10.2 Å². The molecule has 0 radical (unpaired) electrons. The Hall–Kier alpha value is -1.42. The van der Waals surface area contributed by atoms with Gasteiger partial charge in [-0.25, -0.2) is 4.79 Å². The van der Waals surface area contributed by atoms with Crippen molar-refractivity contribution in [1.82, 2.24) is 0 Å². The molecule has 0 bridgehead atoms. The van der Waals surface area contributed by atoms with Crippen molar-refractivity contribution in [2.45, 2.75) is 4.90 Å². The van der Waals surface area contributed by atoms with Gasteiger partial charge in [-0.15, -0.1) is 12.6 Å². The number of phenols is 1. The van der Waals surface area contributed by atoms with Crippen LogP contribution in [0.15, 0.2) is 29.2 Å². The Balaban J connectivity index is 2.96. The molecule has 13 heavy (non-hydrogen) atoms. The first-order chi connectivity index (χ1) is 6.09. The summed E-state index contributed by atoms with van der Waals surface area (Å²) in [5.74, 6) is -0.904. The fraction of sp³-hybridized carbons (Fsp3) is 0. The number of aromatic hydroxyl groups is 1. The van der Waals surface area contributed by atoms with E-state index in [9.17, 15) is 4.79 Å². The van der Waals surface area contributed by atoms with E-state index in [0.717, 1.165) is 6.08 Å². The lowest BCUT2D eigenvalue weighted by Crippen LogP contribution is -1.86. The van der Waals surface area contributed by atoms with Crippen LogP contribution in [-0.4, -0.2) is 16.2 Å². The minimum Gasteiger partial charge on any atom is -0.508 e. The number of carboxylic acids is 1. The van der Waals surface area contributed by atoms with Crippen molar-refractivity contribution in [3.63, 3.8) is 0 Å². The SMILES string of the molecule is O=C(O)C=Cc1ccc(O)cc1S. The molecule has 0 fully saturated rings. The van der Waals surface area contributed by atoms with Gasteiger partial charge in [0.2, 0.25) is 0 Å². The van der Waals surface area contributed by atoms with Crippen LogP contribution in [0.5, 0.6) is 5.75 Å². The third-order valence-electron chi connectivity index (χ3n) is 1.42. The monoisotopic (exact) mass is 196 g/mol. The van der Waals surface area contributed by atoms with Crippen molar-refractivity contribution in [2.75, 3.05) is 0 Å². The summed E-state index contributed by atoms with van der Waals surface area (Å²) >= 11 is 4.07. The number of hydrogen-bond donors (Lipinski definition) is 3. The van der Waals surface area contributed by atoms with Crippen molar-refractivity contribution in [1.29, 1.82) is 0 Å². The normalized spacial score (nSPS) is 10.5. The third-order valence-corrected chi connectivity index (χ3v) is 1.81. The number of thiol groups is 1. The summed E-state index contributed by atoms with van der Waals surface area (Å²) in [5.41, 5.74) is 0.656. The molecule has 0 aromatic heterocycles. The summed E-state index contributed by atoms with van der Waals surface area (Å²) in [6.45, 7) is 0. The van der Waals surface area contributed by atoms with Gasteiger partial charge >= 0.3 is 5.97 Å². The summed E-state index contributed by atoms with van der Waals surface area (Å²) in [4.78, 5) is 10.7. The van der Waals surface area contributed by atoms with Gasteiger partial charge in [-0.1, -0.05) is 6.07 Å². The van der Waals surface area contributed by atoms with Crippen molar-refractivity contribution < 1.29 is 15.0 Å². The summed E-state index contributed by atoms with van der Waals surface area (Å²) in [6.07, 6.45) is 2.44. The number of carbonyl (C=O) groups is 1. The number of aliphatic carboxylic acids is 1. The molecule has 3 nitrogen and oxygen atoms in total. The van der Waals surface area contributed by atoms with E-state index in [1.54, 1.807) is 6.07 Å². The number of benzene rings is 1. The van der Waals surface area contributed by atoms with E-state index < -0.39 is 5.97 Å². The van der Waals surface area contributed by atoms with Crippen LogP contribution in [0.3, 0.4) is 0 Å². The van der Waals surface area contributed by atoms with Crippen molar-refractivity contribution >= 4 is 24.7 Å².